The van der Waals surface area contributed by atoms with Gasteiger partial charge < -0.3 is 24.5 Å². The highest BCUT2D eigenvalue weighted by molar-refractivity contribution is 6.36. The van der Waals surface area contributed by atoms with E-state index in [1.54, 1.807) is 32.9 Å². The summed E-state index contributed by atoms with van der Waals surface area (Å²) in [6.07, 6.45) is 0.259. The highest BCUT2D eigenvalue weighted by atomic mass is 35.5. The van der Waals surface area contributed by atoms with Gasteiger partial charge in [-0.25, -0.2) is 9.59 Å². The number of carbonyl (C=O) groups is 2. The van der Waals surface area contributed by atoms with E-state index in [4.69, 9.17) is 25.5 Å². The zero-order valence-electron chi connectivity index (χ0n) is 20.1. The monoisotopic (exact) mass is 500 g/mol. The summed E-state index contributed by atoms with van der Waals surface area (Å²) in [5.41, 5.74) is -0.158. The largest absolute Gasteiger partial charge is 0.464 e. The van der Waals surface area contributed by atoms with Gasteiger partial charge in [-0.3, -0.25) is 4.79 Å². The summed E-state index contributed by atoms with van der Waals surface area (Å²) < 4.78 is 15.9. The van der Waals surface area contributed by atoms with Crippen molar-refractivity contribution >= 4 is 40.1 Å². The minimum atomic E-state index is -0.923. The first-order valence-corrected chi connectivity index (χ1v) is 11.7. The van der Waals surface area contributed by atoms with Gasteiger partial charge in [-0.15, -0.1) is 0 Å². The Morgan fingerprint density at radius 1 is 1.09 bits per heavy atom. The smallest absolute Gasteiger partial charge is 0.408 e. The normalized spacial score (nSPS) is 12.1. The number of ether oxygens (including phenoxy) is 2. The van der Waals surface area contributed by atoms with Gasteiger partial charge >= 0.3 is 17.7 Å². The fraction of sp³-hybridized carbons (Fsp3) is 0.346. The maximum atomic E-state index is 13.1. The highest BCUT2D eigenvalue weighted by Crippen LogP contribution is 2.32. The fourth-order valence-corrected chi connectivity index (χ4v) is 3.56. The number of carbonyl (C=O) groups excluding carboxylic acids is 2. The number of rotatable bonds is 8. The summed E-state index contributed by atoms with van der Waals surface area (Å²) in [6.45, 7) is 7.50. The second-order valence-electron chi connectivity index (χ2n) is 8.98. The molecule has 0 fully saturated rings. The van der Waals surface area contributed by atoms with E-state index in [1.165, 1.54) is 6.07 Å². The van der Waals surface area contributed by atoms with Crippen LogP contribution in [-0.2, 0) is 16.0 Å². The minimum absolute atomic E-state index is 0.0349. The van der Waals surface area contributed by atoms with Gasteiger partial charge in [0.25, 0.3) is 0 Å². The molecule has 3 aromatic rings. The molecule has 3 rings (SSSR count). The Kier molecular flexibility index (Phi) is 8.40. The van der Waals surface area contributed by atoms with E-state index < -0.39 is 29.3 Å². The molecule has 9 heteroatoms. The molecule has 35 heavy (non-hydrogen) atoms. The van der Waals surface area contributed by atoms with Crippen LogP contribution in [0.15, 0.2) is 57.7 Å². The van der Waals surface area contributed by atoms with E-state index in [9.17, 15) is 14.4 Å². The van der Waals surface area contributed by atoms with Crippen molar-refractivity contribution in [3.05, 3.63) is 69.5 Å². The first-order valence-electron chi connectivity index (χ1n) is 11.3. The van der Waals surface area contributed by atoms with Gasteiger partial charge in [0.2, 0.25) is 5.91 Å². The number of nitrogens with one attached hydrogen (secondary N) is 2. The van der Waals surface area contributed by atoms with Gasteiger partial charge in [-0.1, -0.05) is 54.9 Å². The van der Waals surface area contributed by atoms with Crippen molar-refractivity contribution in [2.75, 3.05) is 11.9 Å². The number of hydrogen-bond donors (Lipinski definition) is 2. The van der Waals surface area contributed by atoms with Gasteiger partial charge in [0.05, 0.1) is 12.0 Å². The van der Waals surface area contributed by atoms with Crippen molar-refractivity contribution < 1.29 is 23.5 Å². The molecule has 186 valence electrons. The van der Waals surface area contributed by atoms with Gasteiger partial charge in [0.1, 0.15) is 16.7 Å². The molecular formula is C26H29ClN2O6. The third-order valence-corrected chi connectivity index (χ3v) is 5.19. The zero-order chi connectivity index (χ0) is 25.6. The van der Waals surface area contributed by atoms with Crippen molar-refractivity contribution in [1.82, 2.24) is 5.32 Å². The third-order valence-electron chi connectivity index (χ3n) is 4.84. The number of halogens is 1. The van der Waals surface area contributed by atoms with Crippen LogP contribution in [0.4, 0.5) is 10.5 Å². The van der Waals surface area contributed by atoms with Crippen LogP contribution in [0.2, 0.25) is 5.02 Å². The van der Waals surface area contributed by atoms with Gasteiger partial charge in [-0.05, 0) is 44.9 Å². The maximum absolute atomic E-state index is 13.1. The first-order chi connectivity index (χ1) is 16.6. The molecule has 1 heterocycles. The van der Waals surface area contributed by atoms with E-state index in [0.29, 0.717) is 17.7 Å². The van der Waals surface area contributed by atoms with E-state index in [0.717, 1.165) is 12.0 Å². The lowest BCUT2D eigenvalue weighted by Gasteiger charge is -2.23. The predicted octanol–water partition coefficient (Wildman–Crippen LogP) is 5.31. The van der Waals surface area contributed by atoms with Crippen LogP contribution in [0.1, 0.15) is 39.7 Å². The number of alkyl carbamates (subject to hydrolysis) is 1. The number of hydrogen-bond acceptors (Lipinski definition) is 6. The average Bonchev–Trinajstić information content (AvgIpc) is 2.79. The Morgan fingerprint density at radius 2 is 1.80 bits per heavy atom. The highest BCUT2D eigenvalue weighted by Gasteiger charge is 2.25. The summed E-state index contributed by atoms with van der Waals surface area (Å²) >= 11 is 6.35. The summed E-state index contributed by atoms with van der Waals surface area (Å²) in [7, 11) is 0. The summed E-state index contributed by atoms with van der Waals surface area (Å²) in [4.78, 5) is 38.1. The Morgan fingerprint density at radius 3 is 2.46 bits per heavy atom. The van der Waals surface area contributed by atoms with Crippen LogP contribution in [-0.4, -0.2) is 30.3 Å². The topological polar surface area (TPSA) is 107 Å². The molecule has 2 N–H and O–H groups in total. The van der Waals surface area contributed by atoms with Gasteiger partial charge in [0, 0.05) is 17.5 Å². The molecule has 0 aliphatic carbocycles. The van der Waals surface area contributed by atoms with Crippen LogP contribution >= 0.6 is 11.6 Å². The van der Waals surface area contributed by atoms with Crippen LogP contribution in [0.5, 0.6) is 5.95 Å². The Hall–Kier alpha value is -3.52. The second kappa shape index (κ2) is 11.3. The molecule has 8 nitrogen and oxygen atoms in total. The summed E-state index contributed by atoms with van der Waals surface area (Å²) in [6, 6.07) is 13.1. The summed E-state index contributed by atoms with van der Waals surface area (Å²) in [5, 5.41) is 6.21. The average molecular weight is 501 g/mol. The quantitative estimate of drug-likeness (QED) is 0.434. The molecule has 2 amide bonds. The molecule has 1 atom stereocenters. The van der Waals surface area contributed by atoms with Crippen LogP contribution in [0.25, 0.3) is 10.8 Å². The Bertz CT molecular complexity index is 1250. The second-order valence-corrected chi connectivity index (χ2v) is 9.36. The SMILES string of the molecule is CCCOc1oc(=O)c2cc(NC(=O)[C@H](Cc3ccccc3)NC(=O)OC(C)(C)C)ccc2c1Cl. The molecule has 0 bridgehead atoms. The zero-order valence-corrected chi connectivity index (χ0v) is 20.9. The molecule has 1 aromatic heterocycles. The van der Waals surface area contributed by atoms with Crippen molar-refractivity contribution in [3.8, 4) is 5.95 Å². The molecule has 0 radical (unpaired) electrons. The van der Waals surface area contributed by atoms with Crippen molar-refractivity contribution in [2.24, 2.45) is 0 Å². The number of fused-ring (bicyclic) bond motifs is 1. The Labute approximate surface area is 208 Å². The molecule has 2 aromatic carbocycles. The molecule has 0 saturated carbocycles. The lowest BCUT2D eigenvalue weighted by molar-refractivity contribution is -0.118. The predicted molar refractivity (Wildman–Crippen MR) is 135 cm³/mol. The van der Waals surface area contributed by atoms with E-state index >= 15 is 0 Å². The van der Waals surface area contributed by atoms with Crippen molar-refractivity contribution in [2.45, 2.75) is 52.2 Å². The van der Waals surface area contributed by atoms with Crippen molar-refractivity contribution in [1.29, 1.82) is 0 Å². The van der Waals surface area contributed by atoms with Gasteiger partial charge in [-0.2, -0.15) is 0 Å². The first kappa shape index (κ1) is 26.1. The molecule has 0 saturated heterocycles. The fourth-order valence-electron chi connectivity index (χ4n) is 3.30. The molecular weight excluding hydrogens is 472 g/mol. The summed E-state index contributed by atoms with van der Waals surface area (Å²) in [5.74, 6) is -0.510. The molecule has 0 spiro atoms. The van der Waals surface area contributed by atoms with E-state index in [1.807, 2.05) is 37.3 Å². The molecule has 0 aliphatic rings. The van der Waals surface area contributed by atoms with E-state index in [-0.39, 0.29) is 22.8 Å². The van der Waals surface area contributed by atoms with Crippen LogP contribution in [0, 0.1) is 0 Å². The van der Waals surface area contributed by atoms with Crippen molar-refractivity contribution in [3.63, 3.8) is 0 Å². The molecule has 0 unspecified atom stereocenters. The molecule has 0 aliphatic heterocycles. The lowest BCUT2D eigenvalue weighted by atomic mass is 10.1. The Balaban J connectivity index is 1.84. The number of anilines is 1. The van der Waals surface area contributed by atoms with Gasteiger partial charge in [0.15, 0.2) is 0 Å². The standard InChI is InChI=1S/C26H29ClN2O6/c1-5-13-33-24-21(27)18-12-11-17(15-19(18)23(31)34-24)28-22(30)20(14-16-9-7-6-8-10-16)29-25(32)35-26(2,3)4/h6-12,15,20H,5,13-14H2,1-4H3,(H,28,30)(H,29,32)/t20-/m0/s1. The minimum Gasteiger partial charge on any atom is -0.464 e. The lowest BCUT2D eigenvalue weighted by Crippen LogP contribution is -2.47. The van der Waals surface area contributed by atoms with Crippen LogP contribution in [0.3, 0.4) is 0 Å². The number of benzene rings is 2. The third kappa shape index (κ3) is 7.23. The van der Waals surface area contributed by atoms with Crippen LogP contribution < -0.4 is 21.0 Å². The maximum Gasteiger partial charge on any atom is 0.408 e. The number of amides is 2. The van der Waals surface area contributed by atoms with E-state index in [2.05, 4.69) is 10.6 Å².